The van der Waals surface area contributed by atoms with Crippen molar-refractivity contribution in [3.8, 4) is 0 Å². The number of benzene rings is 2. The number of hydrogen-bond acceptors (Lipinski definition) is 6. The Kier molecular flexibility index (Phi) is 7.86. The molecule has 10 nitrogen and oxygen atoms in total. The molecule has 0 saturated carbocycles. The normalized spacial score (nSPS) is 15.0. The highest BCUT2D eigenvalue weighted by Gasteiger charge is 2.36. The van der Waals surface area contributed by atoms with Crippen molar-refractivity contribution in [1.29, 1.82) is 0 Å². The van der Waals surface area contributed by atoms with Crippen LogP contribution in [-0.4, -0.2) is 47.8 Å². The van der Waals surface area contributed by atoms with Crippen LogP contribution < -0.4 is 16.3 Å². The van der Waals surface area contributed by atoms with Crippen molar-refractivity contribution in [2.24, 2.45) is 5.92 Å². The van der Waals surface area contributed by atoms with E-state index in [0.717, 1.165) is 5.01 Å². The zero-order valence-electron chi connectivity index (χ0n) is 17.0. The molecule has 1 aliphatic heterocycles. The summed E-state index contributed by atoms with van der Waals surface area (Å²) < 4.78 is 4.91. The topological polar surface area (TPSA) is 134 Å². The minimum Gasteiger partial charge on any atom is -0.455 e. The van der Waals surface area contributed by atoms with Crippen LogP contribution in [0.15, 0.2) is 48.5 Å². The van der Waals surface area contributed by atoms with Crippen LogP contribution in [0.25, 0.3) is 0 Å². The van der Waals surface area contributed by atoms with Crippen LogP contribution in [-0.2, 0) is 19.1 Å². The molecule has 3 N–H and O–H groups in total. The quantitative estimate of drug-likeness (QED) is 0.413. The Labute approximate surface area is 198 Å². The summed E-state index contributed by atoms with van der Waals surface area (Å²) in [5.41, 5.74) is 7.27. The van der Waals surface area contributed by atoms with Crippen molar-refractivity contribution in [2.45, 2.75) is 6.42 Å². The van der Waals surface area contributed by atoms with E-state index < -0.39 is 42.1 Å². The molecule has 33 heavy (non-hydrogen) atoms. The second kappa shape index (κ2) is 10.8. The summed E-state index contributed by atoms with van der Waals surface area (Å²) in [6.07, 6.45) is -0.186. The van der Waals surface area contributed by atoms with Gasteiger partial charge in [-0.2, -0.15) is 0 Å². The smallest absolute Gasteiger partial charge is 0.311 e. The minimum atomic E-state index is -0.862. The van der Waals surface area contributed by atoms with Crippen molar-refractivity contribution in [3.63, 3.8) is 0 Å². The van der Waals surface area contributed by atoms with Gasteiger partial charge in [-0.15, -0.1) is 0 Å². The molecule has 1 atom stereocenters. The summed E-state index contributed by atoms with van der Waals surface area (Å²) in [4.78, 5) is 60.3. The van der Waals surface area contributed by atoms with E-state index in [0.29, 0.717) is 10.0 Å². The SMILES string of the molecule is O=C(COC(=O)[C@@H]1CC(=O)N(NC(=O)c2ccc(Cl)cc2)C1)NNC(=O)c1ccc(Cl)cc1. The molecule has 1 fully saturated rings. The zero-order chi connectivity index (χ0) is 24.0. The lowest BCUT2D eigenvalue weighted by Crippen LogP contribution is -2.44. The molecule has 0 bridgehead atoms. The summed E-state index contributed by atoms with van der Waals surface area (Å²) >= 11 is 11.5. The Hall–Kier alpha value is -3.63. The van der Waals surface area contributed by atoms with Crippen LogP contribution in [0.4, 0.5) is 0 Å². The minimum absolute atomic E-state index is 0.105. The first-order valence-corrected chi connectivity index (χ1v) is 10.4. The number of rotatable bonds is 6. The van der Waals surface area contributed by atoms with Crippen LogP contribution in [0.1, 0.15) is 27.1 Å². The van der Waals surface area contributed by atoms with Crippen molar-refractivity contribution in [3.05, 3.63) is 69.7 Å². The van der Waals surface area contributed by atoms with Crippen molar-refractivity contribution in [2.75, 3.05) is 13.2 Å². The summed E-state index contributed by atoms with van der Waals surface area (Å²) in [7, 11) is 0. The molecular formula is C21H18Cl2N4O6. The van der Waals surface area contributed by atoms with Gasteiger partial charge in [-0.1, -0.05) is 23.2 Å². The van der Waals surface area contributed by atoms with Crippen LogP contribution in [0.3, 0.4) is 0 Å². The van der Waals surface area contributed by atoms with Gasteiger partial charge in [0, 0.05) is 27.6 Å². The number of carbonyl (C=O) groups is 5. The molecule has 1 heterocycles. The molecule has 4 amide bonds. The average Bonchev–Trinajstić information content (AvgIpc) is 3.16. The van der Waals surface area contributed by atoms with Crippen LogP contribution in [0, 0.1) is 5.92 Å². The lowest BCUT2D eigenvalue weighted by molar-refractivity contribution is -0.152. The van der Waals surface area contributed by atoms with E-state index in [1.54, 1.807) is 0 Å². The largest absolute Gasteiger partial charge is 0.455 e. The Bertz CT molecular complexity index is 1080. The van der Waals surface area contributed by atoms with E-state index in [4.69, 9.17) is 27.9 Å². The first kappa shape index (κ1) is 24.0. The van der Waals surface area contributed by atoms with E-state index in [1.165, 1.54) is 48.5 Å². The summed E-state index contributed by atoms with van der Waals surface area (Å²) in [6, 6.07) is 12.0. The van der Waals surface area contributed by atoms with Gasteiger partial charge in [-0.3, -0.25) is 45.3 Å². The third kappa shape index (κ3) is 6.67. The third-order valence-electron chi connectivity index (χ3n) is 4.57. The highest BCUT2D eigenvalue weighted by molar-refractivity contribution is 6.31. The van der Waals surface area contributed by atoms with E-state index in [-0.39, 0.29) is 24.1 Å². The zero-order valence-corrected chi connectivity index (χ0v) is 18.5. The highest BCUT2D eigenvalue weighted by Crippen LogP contribution is 2.18. The molecule has 0 aliphatic carbocycles. The predicted molar refractivity (Wildman–Crippen MR) is 117 cm³/mol. The van der Waals surface area contributed by atoms with Crippen LogP contribution in [0.5, 0.6) is 0 Å². The number of nitrogens with one attached hydrogen (secondary N) is 3. The van der Waals surface area contributed by atoms with Crippen molar-refractivity contribution in [1.82, 2.24) is 21.3 Å². The number of ether oxygens (including phenoxy) is 1. The molecule has 2 aromatic carbocycles. The number of carbonyl (C=O) groups excluding carboxylic acids is 5. The van der Waals surface area contributed by atoms with Crippen LogP contribution >= 0.6 is 23.2 Å². The third-order valence-corrected chi connectivity index (χ3v) is 5.07. The van der Waals surface area contributed by atoms with Gasteiger partial charge in [0.15, 0.2) is 6.61 Å². The number of halogens is 2. The summed E-state index contributed by atoms with van der Waals surface area (Å²) in [5.74, 6) is -4.02. The van der Waals surface area contributed by atoms with Crippen molar-refractivity contribution < 1.29 is 28.7 Å². The lowest BCUT2D eigenvalue weighted by Gasteiger charge is -2.17. The molecule has 0 unspecified atom stereocenters. The number of nitrogens with zero attached hydrogens (tertiary/aromatic N) is 1. The second-order valence-electron chi connectivity index (χ2n) is 6.97. The van der Waals surface area contributed by atoms with Gasteiger partial charge >= 0.3 is 5.97 Å². The van der Waals surface area contributed by atoms with Gasteiger partial charge in [0.25, 0.3) is 17.7 Å². The second-order valence-corrected chi connectivity index (χ2v) is 7.84. The molecule has 12 heteroatoms. The molecule has 0 radical (unpaired) electrons. The molecular weight excluding hydrogens is 475 g/mol. The Morgan fingerprint density at radius 2 is 1.42 bits per heavy atom. The number of hydrogen-bond donors (Lipinski definition) is 3. The fourth-order valence-corrected chi connectivity index (χ4v) is 3.10. The molecule has 0 aromatic heterocycles. The maximum atomic E-state index is 12.2. The first-order valence-electron chi connectivity index (χ1n) is 9.61. The fraction of sp³-hybridized carbons (Fsp3) is 0.190. The van der Waals surface area contributed by atoms with Gasteiger partial charge in [0.05, 0.1) is 12.5 Å². The molecule has 172 valence electrons. The fourth-order valence-electron chi connectivity index (χ4n) is 2.85. The van der Waals surface area contributed by atoms with Crippen molar-refractivity contribution >= 4 is 52.8 Å². The number of amides is 4. The van der Waals surface area contributed by atoms with Gasteiger partial charge in [-0.05, 0) is 48.5 Å². The Balaban J connectivity index is 1.42. The van der Waals surface area contributed by atoms with E-state index in [2.05, 4.69) is 16.3 Å². The maximum absolute atomic E-state index is 12.2. The highest BCUT2D eigenvalue weighted by atomic mass is 35.5. The molecule has 2 aromatic rings. The predicted octanol–water partition coefficient (Wildman–Crippen LogP) is 1.49. The molecule has 3 rings (SSSR count). The maximum Gasteiger partial charge on any atom is 0.311 e. The van der Waals surface area contributed by atoms with Gasteiger partial charge in [-0.25, -0.2) is 0 Å². The standard InChI is InChI=1S/C21H18Cl2N4O6/c22-15-5-1-12(2-6-15)19(30)25-24-17(28)11-33-21(32)14-9-18(29)27(10-14)26-20(31)13-3-7-16(23)8-4-13/h1-8,14H,9-11H2,(H,24,28)(H,25,30)(H,26,31)/t14-/m1/s1. The summed E-state index contributed by atoms with van der Waals surface area (Å²) in [5, 5.41) is 1.94. The monoisotopic (exact) mass is 492 g/mol. The van der Waals surface area contributed by atoms with Gasteiger partial charge in [0.1, 0.15) is 0 Å². The van der Waals surface area contributed by atoms with Gasteiger partial charge in [0.2, 0.25) is 5.91 Å². The number of hydrazine groups is 2. The number of esters is 1. The van der Waals surface area contributed by atoms with E-state index >= 15 is 0 Å². The Morgan fingerprint density at radius 1 is 0.879 bits per heavy atom. The van der Waals surface area contributed by atoms with Crippen LogP contribution in [0.2, 0.25) is 10.0 Å². The van der Waals surface area contributed by atoms with E-state index in [1.807, 2.05) is 0 Å². The molecule has 1 aliphatic rings. The van der Waals surface area contributed by atoms with Gasteiger partial charge < -0.3 is 4.74 Å². The first-order chi connectivity index (χ1) is 15.7. The molecule has 1 saturated heterocycles. The molecule has 0 spiro atoms. The van der Waals surface area contributed by atoms with E-state index in [9.17, 15) is 24.0 Å². The lowest BCUT2D eigenvalue weighted by atomic mass is 10.1. The summed E-state index contributed by atoms with van der Waals surface area (Å²) in [6.45, 7) is -0.770. The Morgan fingerprint density at radius 3 is 2.00 bits per heavy atom. The average molecular weight is 493 g/mol.